The summed E-state index contributed by atoms with van der Waals surface area (Å²) in [6.45, 7) is 4.93. The van der Waals surface area contributed by atoms with E-state index in [4.69, 9.17) is 14.2 Å². The Morgan fingerprint density at radius 1 is 1.00 bits per heavy atom. The lowest BCUT2D eigenvalue weighted by Gasteiger charge is -2.28. The predicted octanol–water partition coefficient (Wildman–Crippen LogP) is 2.16. The first kappa shape index (κ1) is 13.1. The third-order valence-electron chi connectivity index (χ3n) is 5.98. The number of carbonyl (C=O) groups excluding carboxylic acids is 1. The van der Waals surface area contributed by atoms with Gasteiger partial charge in [0.2, 0.25) is 0 Å². The monoisotopic (exact) mass is 280 g/mol. The van der Waals surface area contributed by atoms with Crippen molar-refractivity contribution in [2.24, 2.45) is 23.7 Å². The molecule has 112 valence electrons. The van der Waals surface area contributed by atoms with Crippen LogP contribution in [0.1, 0.15) is 39.5 Å². The minimum atomic E-state index is -0.00233. The van der Waals surface area contributed by atoms with Crippen LogP contribution in [0.4, 0.5) is 0 Å². The molecule has 2 aliphatic carbocycles. The molecule has 0 bridgehead atoms. The van der Waals surface area contributed by atoms with E-state index in [1.54, 1.807) is 0 Å². The Hall–Kier alpha value is -0.610. The van der Waals surface area contributed by atoms with Crippen molar-refractivity contribution in [3.05, 3.63) is 0 Å². The molecule has 20 heavy (non-hydrogen) atoms. The molecule has 8 unspecified atom stereocenters. The molecule has 2 saturated carbocycles. The molecule has 0 aromatic rings. The van der Waals surface area contributed by atoms with E-state index >= 15 is 0 Å². The van der Waals surface area contributed by atoms with E-state index in [-0.39, 0.29) is 11.9 Å². The number of carbonyl (C=O) groups is 1. The number of esters is 1. The van der Waals surface area contributed by atoms with Gasteiger partial charge in [0.25, 0.3) is 0 Å². The smallest absolute Gasteiger partial charge is 0.309 e. The molecule has 4 rings (SSSR count). The molecule has 2 aliphatic heterocycles. The first-order valence-corrected chi connectivity index (χ1v) is 8.12. The highest BCUT2D eigenvalue weighted by molar-refractivity contribution is 5.73. The van der Waals surface area contributed by atoms with Crippen LogP contribution in [0.2, 0.25) is 0 Å². The zero-order chi connectivity index (χ0) is 13.9. The zero-order valence-electron chi connectivity index (χ0n) is 12.3. The Bertz CT molecular complexity index is 409. The third kappa shape index (κ3) is 2.17. The van der Waals surface area contributed by atoms with Crippen LogP contribution in [-0.4, -0.2) is 37.0 Å². The topological polar surface area (TPSA) is 51.4 Å². The molecule has 4 nitrogen and oxygen atoms in total. The van der Waals surface area contributed by atoms with E-state index in [2.05, 4.69) is 13.8 Å². The fourth-order valence-corrected chi connectivity index (χ4v) is 4.31. The molecular weight excluding hydrogens is 256 g/mol. The highest BCUT2D eigenvalue weighted by atomic mass is 16.6. The van der Waals surface area contributed by atoms with Gasteiger partial charge in [0.1, 0.15) is 0 Å². The van der Waals surface area contributed by atoms with Gasteiger partial charge in [-0.25, -0.2) is 0 Å². The summed E-state index contributed by atoms with van der Waals surface area (Å²) in [5, 5.41) is 0. The highest BCUT2D eigenvalue weighted by Gasteiger charge is 2.52. The van der Waals surface area contributed by atoms with E-state index in [0.29, 0.717) is 48.8 Å². The van der Waals surface area contributed by atoms with E-state index in [9.17, 15) is 4.79 Å². The molecule has 8 atom stereocenters. The van der Waals surface area contributed by atoms with E-state index < -0.39 is 0 Å². The van der Waals surface area contributed by atoms with Gasteiger partial charge in [-0.15, -0.1) is 0 Å². The number of hydrogen-bond acceptors (Lipinski definition) is 4. The minimum absolute atomic E-state index is 0.00233. The van der Waals surface area contributed by atoms with Crippen molar-refractivity contribution >= 4 is 5.97 Å². The molecule has 2 saturated heterocycles. The van der Waals surface area contributed by atoms with Gasteiger partial charge < -0.3 is 14.2 Å². The summed E-state index contributed by atoms with van der Waals surface area (Å²) in [5.74, 6) is 1.37. The van der Waals surface area contributed by atoms with Crippen molar-refractivity contribution in [1.29, 1.82) is 0 Å². The lowest BCUT2D eigenvalue weighted by Crippen LogP contribution is -2.34. The van der Waals surface area contributed by atoms with Crippen molar-refractivity contribution in [2.45, 2.75) is 63.9 Å². The van der Waals surface area contributed by atoms with Crippen LogP contribution in [0.5, 0.6) is 0 Å². The van der Waals surface area contributed by atoms with Gasteiger partial charge in [-0.2, -0.15) is 0 Å². The van der Waals surface area contributed by atoms with Crippen LogP contribution in [0, 0.1) is 23.7 Å². The summed E-state index contributed by atoms with van der Waals surface area (Å²) >= 11 is 0. The largest absolute Gasteiger partial charge is 0.465 e. The Balaban J connectivity index is 1.29. The number of rotatable bonds is 3. The molecular formula is C16H24O4. The maximum absolute atomic E-state index is 12.3. The van der Waals surface area contributed by atoms with Crippen LogP contribution in [0.3, 0.4) is 0 Å². The van der Waals surface area contributed by atoms with Gasteiger partial charge in [0.05, 0.1) is 36.9 Å². The van der Waals surface area contributed by atoms with Crippen LogP contribution in [-0.2, 0) is 19.0 Å². The van der Waals surface area contributed by atoms with Crippen molar-refractivity contribution < 1.29 is 19.0 Å². The SMILES string of the molecule is CC1C(COC(=O)C2CCC3OC3C2C)CCC2OC21. The first-order chi connectivity index (χ1) is 9.65. The Labute approximate surface area is 120 Å². The normalized spacial score (nSPS) is 52.7. The molecule has 0 amide bonds. The number of hydrogen-bond donors (Lipinski definition) is 0. The number of ether oxygens (including phenoxy) is 3. The second-order valence-electron chi connectivity index (χ2n) is 7.15. The molecule has 0 spiro atoms. The van der Waals surface area contributed by atoms with E-state index in [1.165, 1.54) is 0 Å². The highest BCUT2D eigenvalue weighted by Crippen LogP contribution is 2.45. The fraction of sp³-hybridized carbons (Fsp3) is 0.938. The molecule has 2 heterocycles. The van der Waals surface area contributed by atoms with Crippen LogP contribution >= 0.6 is 0 Å². The lowest BCUT2D eigenvalue weighted by molar-refractivity contribution is -0.153. The van der Waals surface area contributed by atoms with Gasteiger partial charge in [-0.1, -0.05) is 13.8 Å². The summed E-state index contributed by atoms with van der Waals surface area (Å²) in [7, 11) is 0. The van der Waals surface area contributed by atoms with E-state index in [1.807, 2.05) is 0 Å². The average Bonchev–Trinajstić information content (AvgIpc) is 3.31. The standard InChI is InChI=1S/C16H24O4/c1-8-10(3-5-12-14(8)19-12)7-18-16(17)11-4-6-13-15(20-13)9(11)2/h8-15H,3-7H2,1-2H3. The van der Waals surface area contributed by atoms with Gasteiger partial charge in [-0.3, -0.25) is 4.79 Å². The molecule has 0 radical (unpaired) electrons. The van der Waals surface area contributed by atoms with Gasteiger partial charge >= 0.3 is 5.97 Å². The summed E-state index contributed by atoms with van der Waals surface area (Å²) in [4.78, 5) is 12.3. The second-order valence-corrected chi connectivity index (χ2v) is 7.15. The van der Waals surface area contributed by atoms with Crippen molar-refractivity contribution in [3.63, 3.8) is 0 Å². The maximum atomic E-state index is 12.3. The summed E-state index contributed by atoms with van der Waals surface area (Å²) in [6, 6.07) is 0. The molecule has 4 fully saturated rings. The number of fused-ring (bicyclic) bond motifs is 2. The van der Waals surface area contributed by atoms with Crippen molar-refractivity contribution in [2.75, 3.05) is 6.61 Å². The van der Waals surface area contributed by atoms with E-state index in [0.717, 1.165) is 25.7 Å². The lowest BCUT2D eigenvalue weighted by atomic mass is 9.80. The van der Waals surface area contributed by atoms with Gasteiger partial charge in [0.15, 0.2) is 0 Å². The summed E-state index contributed by atoms with van der Waals surface area (Å²) < 4.78 is 16.8. The second kappa shape index (κ2) is 4.70. The van der Waals surface area contributed by atoms with Gasteiger partial charge in [-0.05, 0) is 43.4 Å². The third-order valence-corrected chi connectivity index (χ3v) is 5.98. The van der Waals surface area contributed by atoms with Crippen LogP contribution in [0.25, 0.3) is 0 Å². The fourth-order valence-electron chi connectivity index (χ4n) is 4.31. The Kier molecular flexibility index (Phi) is 3.08. The molecule has 0 aromatic carbocycles. The molecule has 4 aliphatic rings. The quantitative estimate of drug-likeness (QED) is 0.587. The summed E-state index contributed by atoms with van der Waals surface area (Å²) in [5.41, 5.74) is 0. The Morgan fingerprint density at radius 3 is 2.40 bits per heavy atom. The average molecular weight is 280 g/mol. The van der Waals surface area contributed by atoms with Crippen molar-refractivity contribution in [1.82, 2.24) is 0 Å². The minimum Gasteiger partial charge on any atom is -0.465 e. The zero-order valence-corrected chi connectivity index (χ0v) is 12.3. The number of epoxide rings is 2. The van der Waals surface area contributed by atoms with Gasteiger partial charge in [0, 0.05) is 0 Å². The predicted molar refractivity (Wildman–Crippen MR) is 72.1 cm³/mol. The molecule has 0 N–H and O–H groups in total. The summed E-state index contributed by atoms with van der Waals surface area (Å²) in [6.07, 6.45) is 5.88. The van der Waals surface area contributed by atoms with Crippen LogP contribution in [0.15, 0.2) is 0 Å². The molecule has 4 heteroatoms. The molecule has 0 aromatic heterocycles. The van der Waals surface area contributed by atoms with Crippen LogP contribution < -0.4 is 0 Å². The Morgan fingerprint density at radius 2 is 1.65 bits per heavy atom. The van der Waals surface area contributed by atoms with Crippen molar-refractivity contribution in [3.8, 4) is 0 Å². The first-order valence-electron chi connectivity index (χ1n) is 8.12. The maximum Gasteiger partial charge on any atom is 0.309 e.